The second-order valence-corrected chi connectivity index (χ2v) is 4.99. The Labute approximate surface area is 102 Å². The van der Waals surface area contributed by atoms with Gasteiger partial charge in [-0.1, -0.05) is 23.7 Å². The molecule has 1 fully saturated rings. The van der Waals surface area contributed by atoms with Crippen LogP contribution < -0.4 is 5.73 Å². The summed E-state index contributed by atoms with van der Waals surface area (Å²) in [4.78, 5) is 0. The molecule has 1 aliphatic rings. The quantitative estimate of drug-likeness (QED) is 0.877. The van der Waals surface area contributed by atoms with Gasteiger partial charge in [0.15, 0.2) is 0 Å². The second kappa shape index (κ2) is 5.67. The van der Waals surface area contributed by atoms with E-state index >= 15 is 0 Å². The third-order valence-corrected chi connectivity index (χ3v) is 3.32. The lowest BCUT2D eigenvalue weighted by molar-refractivity contribution is 0.182. The molecule has 1 aromatic carbocycles. The van der Waals surface area contributed by atoms with Crippen LogP contribution in [0.5, 0.6) is 0 Å². The van der Waals surface area contributed by atoms with Crippen molar-refractivity contribution in [3.63, 3.8) is 0 Å². The molecule has 16 heavy (non-hydrogen) atoms. The van der Waals surface area contributed by atoms with Crippen LogP contribution in [0.25, 0.3) is 0 Å². The Bertz CT molecular complexity index is 319. The van der Waals surface area contributed by atoms with E-state index in [1.54, 1.807) is 0 Å². The maximum absolute atomic E-state index is 6.14. The lowest BCUT2D eigenvalue weighted by Gasteiger charge is -2.15. The Kier molecular flexibility index (Phi) is 4.22. The topological polar surface area (TPSA) is 35.2 Å². The van der Waals surface area contributed by atoms with Crippen molar-refractivity contribution >= 4 is 11.6 Å². The van der Waals surface area contributed by atoms with Gasteiger partial charge in [-0.15, -0.1) is 0 Å². The van der Waals surface area contributed by atoms with Gasteiger partial charge >= 0.3 is 0 Å². The Morgan fingerprint density at radius 1 is 1.38 bits per heavy atom. The molecule has 3 heteroatoms. The molecule has 2 atom stereocenters. The van der Waals surface area contributed by atoms with Crippen LogP contribution in [0.3, 0.4) is 0 Å². The highest BCUT2D eigenvalue weighted by Gasteiger charge is 2.18. The standard InChI is InChI=1S/C13H18ClNO/c14-12-3-1-10(2-4-12)7-13(15)8-11-5-6-16-9-11/h1-4,11,13H,5-9,15H2. The molecule has 1 heterocycles. The summed E-state index contributed by atoms with van der Waals surface area (Å²) < 4.78 is 5.35. The first-order valence-corrected chi connectivity index (χ1v) is 6.19. The number of benzene rings is 1. The van der Waals surface area contributed by atoms with Crippen LogP contribution in [0.2, 0.25) is 5.02 Å². The van der Waals surface area contributed by atoms with Crippen molar-refractivity contribution in [1.29, 1.82) is 0 Å². The van der Waals surface area contributed by atoms with Crippen molar-refractivity contribution in [2.45, 2.75) is 25.3 Å². The minimum absolute atomic E-state index is 0.230. The first-order chi connectivity index (χ1) is 7.74. The first kappa shape index (κ1) is 11.9. The summed E-state index contributed by atoms with van der Waals surface area (Å²) in [6.45, 7) is 1.78. The van der Waals surface area contributed by atoms with Crippen molar-refractivity contribution < 1.29 is 4.74 Å². The van der Waals surface area contributed by atoms with Crippen LogP contribution in [0.15, 0.2) is 24.3 Å². The highest BCUT2D eigenvalue weighted by Crippen LogP contribution is 2.19. The summed E-state index contributed by atoms with van der Waals surface area (Å²) in [7, 11) is 0. The number of nitrogens with two attached hydrogens (primary N) is 1. The van der Waals surface area contributed by atoms with Gasteiger partial charge in [-0.2, -0.15) is 0 Å². The summed E-state index contributed by atoms with van der Waals surface area (Å²) in [5, 5.41) is 0.779. The summed E-state index contributed by atoms with van der Waals surface area (Å²) >= 11 is 5.84. The number of hydrogen-bond acceptors (Lipinski definition) is 2. The SMILES string of the molecule is NC(Cc1ccc(Cl)cc1)CC1CCOC1. The van der Waals surface area contributed by atoms with Crippen LogP contribution >= 0.6 is 11.6 Å². The van der Waals surface area contributed by atoms with Gasteiger partial charge in [-0.05, 0) is 42.9 Å². The van der Waals surface area contributed by atoms with E-state index in [0.717, 1.165) is 37.5 Å². The van der Waals surface area contributed by atoms with Gasteiger partial charge in [0.25, 0.3) is 0 Å². The van der Waals surface area contributed by atoms with Crippen LogP contribution in [-0.2, 0) is 11.2 Å². The molecule has 0 saturated carbocycles. The second-order valence-electron chi connectivity index (χ2n) is 4.56. The molecule has 1 saturated heterocycles. The van der Waals surface area contributed by atoms with Gasteiger partial charge in [0, 0.05) is 24.3 Å². The molecule has 1 aromatic rings. The van der Waals surface area contributed by atoms with Gasteiger partial charge in [-0.25, -0.2) is 0 Å². The summed E-state index contributed by atoms with van der Waals surface area (Å²) in [5.74, 6) is 0.655. The number of ether oxygens (including phenoxy) is 1. The summed E-state index contributed by atoms with van der Waals surface area (Å²) in [6.07, 6.45) is 3.14. The van der Waals surface area contributed by atoms with Gasteiger partial charge in [0.2, 0.25) is 0 Å². The molecule has 2 nitrogen and oxygen atoms in total. The fraction of sp³-hybridized carbons (Fsp3) is 0.538. The Balaban J connectivity index is 1.81. The van der Waals surface area contributed by atoms with E-state index in [0.29, 0.717) is 5.92 Å². The van der Waals surface area contributed by atoms with Crippen LogP contribution in [0.1, 0.15) is 18.4 Å². The van der Waals surface area contributed by atoms with E-state index in [1.807, 2.05) is 24.3 Å². The van der Waals surface area contributed by atoms with Crippen LogP contribution in [0, 0.1) is 5.92 Å². The van der Waals surface area contributed by atoms with E-state index in [2.05, 4.69) is 0 Å². The third-order valence-electron chi connectivity index (χ3n) is 3.07. The van der Waals surface area contributed by atoms with E-state index in [1.165, 1.54) is 5.56 Å². The zero-order valence-corrected chi connectivity index (χ0v) is 10.1. The Hall–Kier alpha value is -0.570. The predicted molar refractivity (Wildman–Crippen MR) is 66.7 cm³/mol. The van der Waals surface area contributed by atoms with Crippen LogP contribution in [-0.4, -0.2) is 19.3 Å². The fourth-order valence-electron chi connectivity index (χ4n) is 2.20. The van der Waals surface area contributed by atoms with E-state index in [4.69, 9.17) is 22.1 Å². The molecule has 0 spiro atoms. The zero-order valence-electron chi connectivity index (χ0n) is 9.36. The fourth-order valence-corrected chi connectivity index (χ4v) is 2.33. The maximum atomic E-state index is 6.14. The molecule has 1 aliphatic heterocycles. The average molecular weight is 240 g/mol. The van der Waals surface area contributed by atoms with Gasteiger partial charge in [-0.3, -0.25) is 0 Å². The molecule has 0 bridgehead atoms. The monoisotopic (exact) mass is 239 g/mol. The molecule has 0 radical (unpaired) electrons. The molecule has 2 N–H and O–H groups in total. The molecule has 0 aliphatic carbocycles. The molecular formula is C13H18ClNO. The smallest absolute Gasteiger partial charge is 0.0495 e. The minimum atomic E-state index is 0.230. The lowest BCUT2D eigenvalue weighted by atomic mass is 9.95. The van der Waals surface area contributed by atoms with Crippen molar-refractivity contribution in [2.24, 2.45) is 11.7 Å². The molecule has 0 aromatic heterocycles. The summed E-state index contributed by atoms with van der Waals surface area (Å²) in [5.41, 5.74) is 7.40. The predicted octanol–water partition coefficient (Wildman–Crippen LogP) is 2.64. The number of hydrogen-bond donors (Lipinski definition) is 1. The Morgan fingerprint density at radius 2 is 2.12 bits per heavy atom. The lowest BCUT2D eigenvalue weighted by Crippen LogP contribution is -2.26. The molecular weight excluding hydrogens is 222 g/mol. The first-order valence-electron chi connectivity index (χ1n) is 5.82. The van der Waals surface area contributed by atoms with Crippen molar-refractivity contribution in [3.8, 4) is 0 Å². The van der Waals surface area contributed by atoms with Gasteiger partial charge in [0.1, 0.15) is 0 Å². The largest absolute Gasteiger partial charge is 0.381 e. The molecule has 2 unspecified atom stereocenters. The normalized spacial score (nSPS) is 22.2. The summed E-state index contributed by atoms with van der Waals surface area (Å²) in [6, 6.07) is 8.17. The molecule has 0 amide bonds. The van der Waals surface area contributed by atoms with Gasteiger partial charge in [0.05, 0.1) is 0 Å². The average Bonchev–Trinajstić information content (AvgIpc) is 2.74. The zero-order chi connectivity index (χ0) is 11.4. The van der Waals surface area contributed by atoms with E-state index in [9.17, 15) is 0 Å². The molecule has 2 rings (SSSR count). The van der Waals surface area contributed by atoms with Crippen molar-refractivity contribution in [3.05, 3.63) is 34.9 Å². The van der Waals surface area contributed by atoms with Crippen molar-refractivity contribution in [1.82, 2.24) is 0 Å². The number of rotatable bonds is 4. The third kappa shape index (κ3) is 3.48. The Morgan fingerprint density at radius 3 is 2.75 bits per heavy atom. The highest BCUT2D eigenvalue weighted by molar-refractivity contribution is 6.30. The van der Waals surface area contributed by atoms with Gasteiger partial charge < -0.3 is 10.5 Å². The van der Waals surface area contributed by atoms with Crippen LogP contribution in [0.4, 0.5) is 0 Å². The molecule has 88 valence electrons. The van der Waals surface area contributed by atoms with E-state index < -0.39 is 0 Å². The van der Waals surface area contributed by atoms with E-state index in [-0.39, 0.29) is 6.04 Å². The highest BCUT2D eigenvalue weighted by atomic mass is 35.5. The van der Waals surface area contributed by atoms with Crippen molar-refractivity contribution in [2.75, 3.05) is 13.2 Å². The number of halogens is 1. The minimum Gasteiger partial charge on any atom is -0.381 e. The maximum Gasteiger partial charge on any atom is 0.0495 e.